The van der Waals surface area contributed by atoms with Gasteiger partial charge in [0.2, 0.25) is 5.91 Å². The number of anilines is 1. The van der Waals surface area contributed by atoms with E-state index < -0.39 is 0 Å². The molecule has 0 unspecified atom stereocenters. The smallest absolute Gasteiger partial charge is 0.221 e. The van der Waals surface area contributed by atoms with Crippen LogP contribution in [0.3, 0.4) is 0 Å². The third-order valence-corrected chi connectivity index (χ3v) is 5.82. The van der Waals surface area contributed by atoms with Gasteiger partial charge in [0.15, 0.2) is 0 Å². The molecule has 0 radical (unpaired) electrons. The maximum absolute atomic E-state index is 11.2. The fourth-order valence-corrected chi connectivity index (χ4v) is 4.32. The van der Waals surface area contributed by atoms with Crippen molar-refractivity contribution in [3.8, 4) is 11.4 Å². The SMILES string of the molecule is COc1ccc(-n2ncc3c2CC(C)(C)C[C@@H]3NCc2ccc(NC(C)=O)cc2)cc1. The molecule has 0 fully saturated rings. The first kappa shape index (κ1) is 21.1. The van der Waals surface area contributed by atoms with E-state index in [0.29, 0.717) is 0 Å². The molecule has 4 rings (SSSR count). The summed E-state index contributed by atoms with van der Waals surface area (Å²) in [5.74, 6) is 0.783. The van der Waals surface area contributed by atoms with Crippen LogP contribution in [0.4, 0.5) is 5.69 Å². The van der Waals surface area contributed by atoms with Crippen molar-refractivity contribution in [2.75, 3.05) is 12.4 Å². The summed E-state index contributed by atoms with van der Waals surface area (Å²) in [6.07, 6.45) is 4.04. The number of amides is 1. The number of nitrogens with one attached hydrogen (secondary N) is 2. The average molecular weight is 419 g/mol. The van der Waals surface area contributed by atoms with Crippen molar-refractivity contribution < 1.29 is 9.53 Å². The molecule has 6 heteroatoms. The number of aromatic nitrogens is 2. The summed E-state index contributed by atoms with van der Waals surface area (Å²) in [6, 6.07) is 16.3. The number of nitrogens with zero attached hydrogens (tertiary/aromatic N) is 2. The molecule has 0 spiro atoms. The van der Waals surface area contributed by atoms with E-state index >= 15 is 0 Å². The standard InChI is InChI=1S/C25H30N4O2/c1-17(30)28-19-7-5-18(6-8-19)15-26-23-13-25(2,3)14-24-22(23)16-27-29(24)20-9-11-21(31-4)12-10-20/h5-12,16,23,26H,13-15H2,1-4H3,(H,28,30)/t23-/m0/s1. The zero-order chi connectivity index (χ0) is 22.0. The second-order valence-corrected chi connectivity index (χ2v) is 9.01. The number of fused-ring (bicyclic) bond motifs is 1. The molecule has 6 nitrogen and oxygen atoms in total. The van der Waals surface area contributed by atoms with Crippen LogP contribution in [0.5, 0.6) is 5.75 Å². The summed E-state index contributed by atoms with van der Waals surface area (Å²) in [7, 11) is 1.68. The lowest BCUT2D eigenvalue weighted by molar-refractivity contribution is -0.114. The Kier molecular flexibility index (Phi) is 5.83. The molecule has 0 aliphatic heterocycles. The van der Waals surface area contributed by atoms with E-state index in [-0.39, 0.29) is 17.4 Å². The van der Waals surface area contributed by atoms with Gasteiger partial charge in [0.25, 0.3) is 0 Å². The van der Waals surface area contributed by atoms with E-state index in [9.17, 15) is 4.79 Å². The van der Waals surface area contributed by atoms with Crippen molar-refractivity contribution in [3.63, 3.8) is 0 Å². The lowest BCUT2D eigenvalue weighted by Gasteiger charge is -2.36. The van der Waals surface area contributed by atoms with Crippen LogP contribution in [-0.2, 0) is 17.8 Å². The van der Waals surface area contributed by atoms with E-state index in [1.165, 1.54) is 23.7 Å². The van der Waals surface area contributed by atoms with Crippen LogP contribution >= 0.6 is 0 Å². The fraction of sp³-hybridized carbons (Fsp3) is 0.360. The van der Waals surface area contributed by atoms with Crippen molar-refractivity contribution >= 4 is 11.6 Å². The Morgan fingerprint density at radius 1 is 1.16 bits per heavy atom. The molecule has 1 aliphatic rings. The summed E-state index contributed by atoms with van der Waals surface area (Å²) >= 11 is 0. The Labute approximate surface area is 183 Å². The van der Waals surface area contributed by atoms with Crippen LogP contribution in [-0.4, -0.2) is 22.8 Å². The molecule has 162 valence electrons. The summed E-state index contributed by atoms with van der Waals surface area (Å²) < 4.78 is 7.35. The number of methoxy groups -OCH3 is 1. The molecular formula is C25H30N4O2. The van der Waals surface area contributed by atoms with Crippen LogP contribution in [0.2, 0.25) is 0 Å². The van der Waals surface area contributed by atoms with E-state index in [4.69, 9.17) is 9.84 Å². The van der Waals surface area contributed by atoms with Gasteiger partial charge < -0.3 is 15.4 Å². The van der Waals surface area contributed by atoms with Crippen LogP contribution in [0, 0.1) is 5.41 Å². The van der Waals surface area contributed by atoms with Gasteiger partial charge >= 0.3 is 0 Å². The summed E-state index contributed by atoms with van der Waals surface area (Å²) in [6.45, 7) is 6.91. The zero-order valence-electron chi connectivity index (χ0n) is 18.6. The molecule has 1 aromatic heterocycles. The highest BCUT2D eigenvalue weighted by molar-refractivity contribution is 5.88. The summed E-state index contributed by atoms with van der Waals surface area (Å²) in [4.78, 5) is 11.2. The molecule has 2 aromatic carbocycles. The predicted octanol–water partition coefficient (Wildman–Crippen LogP) is 4.64. The first-order valence-corrected chi connectivity index (χ1v) is 10.7. The first-order chi connectivity index (χ1) is 14.8. The Hall–Kier alpha value is -3.12. The minimum absolute atomic E-state index is 0.0586. The summed E-state index contributed by atoms with van der Waals surface area (Å²) in [5, 5.41) is 11.3. The maximum atomic E-state index is 11.2. The Morgan fingerprint density at radius 3 is 2.52 bits per heavy atom. The van der Waals surface area contributed by atoms with Gasteiger partial charge in [-0.3, -0.25) is 4.79 Å². The first-order valence-electron chi connectivity index (χ1n) is 10.7. The largest absolute Gasteiger partial charge is 0.497 e. The zero-order valence-corrected chi connectivity index (χ0v) is 18.6. The van der Waals surface area contributed by atoms with Gasteiger partial charge in [-0.2, -0.15) is 5.10 Å². The monoisotopic (exact) mass is 418 g/mol. The Bertz CT molecular complexity index is 1050. The highest BCUT2D eigenvalue weighted by Crippen LogP contribution is 2.41. The molecular weight excluding hydrogens is 388 g/mol. The van der Waals surface area contributed by atoms with Crippen LogP contribution in [0.25, 0.3) is 5.69 Å². The van der Waals surface area contributed by atoms with Gasteiger partial charge in [-0.1, -0.05) is 26.0 Å². The molecule has 3 aromatic rings. The topological polar surface area (TPSA) is 68.2 Å². The van der Waals surface area contributed by atoms with Gasteiger partial charge in [-0.15, -0.1) is 0 Å². The number of benzene rings is 2. The van der Waals surface area contributed by atoms with Gasteiger partial charge in [0.05, 0.1) is 19.0 Å². The Morgan fingerprint density at radius 2 is 1.87 bits per heavy atom. The molecule has 0 saturated heterocycles. The van der Waals surface area contributed by atoms with Crippen molar-refractivity contribution in [1.29, 1.82) is 0 Å². The minimum Gasteiger partial charge on any atom is -0.497 e. The minimum atomic E-state index is -0.0586. The molecule has 0 saturated carbocycles. The van der Waals surface area contributed by atoms with E-state index in [2.05, 4.69) is 29.2 Å². The average Bonchev–Trinajstić information content (AvgIpc) is 3.15. The van der Waals surface area contributed by atoms with Crippen molar-refractivity contribution in [2.45, 2.75) is 46.2 Å². The van der Waals surface area contributed by atoms with Crippen LogP contribution in [0.15, 0.2) is 54.7 Å². The number of ether oxygens (including phenoxy) is 1. The van der Waals surface area contributed by atoms with Crippen molar-refractivity contribution in [1.82, 2.24) is 15.1 Å². The number of carbonyl (C=O) groups excluding carboxylic acids is 1. The second-order valence-electron chi connectivity index (χ2n) is 9.01. The number of hydrogen-bond acceptors (Lipinski definition) is 4. The second kappa shape index (κ2) is 8.55. The third kappa shape index (κ3) is 4.80. The van der Waals surface area contributed by atoms with Crippen molar-refractivity contribution in [2.24, 2.45) is 5.41 Å². The highest BCUT2D eigenvalue weighted by Gasteiger charge is 2.35. The third-order valence-electron chi connectivity index (χ3n) is 5.82. The normalized spacial score (nSPS) is 17.1. The fourth-order valence-electron chi connectivity index (χ4n) is 4.32. The number of rotatable bonds is 6. The lowest BCUT2D eigenvalue weighted by Crippen LogP contribution is -2.33. The lowest BCUT2D eigenvalue weighted by atomic mass is 9.74. The van der Waals surface area contributed by atoms with Gasteiger partial charge in [-0.05, 0) is 60.2 Å². The van der Waals surface area contributed by atoms with Crippen molar-refractivity contribution in [3.05, 3.63) is 71.5 Å². The molecule has 31 heavy (non-hydrogen) atoms. The highest BCUT2D eigenvalue weighted by atomic mass is 16.5. The molecule has 2 N–H and O–H groups in total. The number of hydrogen-bond donors (Lipinski definition) is 2. The van der Waals surface area contributed by atoms with Gasteiger partial charge in [0, 0.05) is 36.5 Å². The molecule has 1 atom stereocenters. The molecule has 1 heterocycles. The number of carbonyl (C=O) groups is 1. The van der Waals surface area contributed by atoms with Gasteiger partial charge in [0.1, 0.15) is 5.75 Å². The van der Waals surface area contributed by atoms with E-state index in [1.807, 2.05) is 54.7 Å². The predicted molar refractivity (Wildman–Crippen MR) is 123 cm³/mol. The quantitative estimate of drug-likeness (QED) is 0.612. The molecule has 0 bridgehead atoms. The van der Waals surface area contributed by atoms with Crippen LogP contribution < -0.4 is 15.4 Å². The Balaban J connectivity index is 1.53. The van der Waals surface area contributed by atoms with Gasteiger partial charge in [-0.25, -0.2) is 4.68 Å². The molecule has 1 aliphatic carbocycles. The maximum Gasteiger partial charge on any atom is 0.221 e. The molecule has 1 amide bonds. The summed E-state index contributed by atoms with van der Waals surface area (Å²) in [5.41, 5.74) is 5.75. The van der Waals surface area contributed by atoms with E-state index in [0.717, 1.165) is 36.5 Å². The van der Waals surface area contributed by atoms with Crippen LogP contribution in [0.1, 0.15) is 50.1 Å². The van der Waals surface area contributed by atoms with E-state index in [1.54, 1.807) is 7.11 Å².